The lowest BCUT2D eigenvalue weighted by Crippen LogP contribution is -2.38. The quantitative estimate of drug-likeness (QED) is 0.652. The third-order valence-electron chi connectivity index (χ3n) is 2.34. The minimum atomic E-state index is -0.649. The Morgan fingerprint density at radius 3 is 3.13 bits per heavy atom. The highest BCUT2D eigenvalue weighted by Crippen LogP contribution is 2.16. The zero-order valence-electron chi connectivity index (χ0n) is 8.10. The first-order valence-electron chi connectivity index (χ1n) is 4.64. The summed E-state index contributed by atoms with van der Waals surface area (Å²) in [4.78, 5) is 18.0. The van der Waals surface area contributed by atoms with Gasteiger partial charge in [0.25, 0.3) is 0 Å². The molecule has 1 unspecified atom stereocenters. The van der Waals surface area contributed by atoms with Gasteiger partial charge < -0.3 is 16.5 Å². The van der Waals surface area contributed by atoms with E-state index in [1.54, 1.807) is 12.4 Å². The lowest BCUT2D eigenvalue weighted by atomic mass is 10.1. The van der Waals surface area contributed by atoms with Gasteiger partial charge in [-0.15, -0.1) is 0 Å². The van der Waals surface area contributed by atoms with E-state index in [4.69, 9.17) is 11.5 Å². The number of fused-ring (bicyclic) bond motifs is 1. The van der Waals surface area contributed by atoms with Crippen molar-refractivity contribution in [1.29, 1.82) is 0 Å². The van der Waals surface area contributed by atoms with Crippen LogP contribution in [-0.4, -0.2) is 21.9 Å². The van der Waals surface area contributed by atoms with Gasteiger partial charge in [0.1, 0.15) is 5.65 Å². The van der Waals surface area contributed by atoms with Gasteiger partial charge in [-0.1, -0.05) is 0 Å². The van der Waals surface area contributed by atoms with Crippen molar-refractivity contribution in [2.24, 2.45) is 11.5 Å². The van der Waals surface area contributed by atoms with Gasteiger partial charge in [0.15, 0.2) is 0 Å². The Bertz CT molecular complexity index is 491. The molecule has 2 aromatic heterocycles. The molecule has 78 valence electrons. The van der Waals surface area contributed by atoms with Crippen LogP contribution in [-0.2, 0) is 11.2 Å². The van der Waals surface area contributed by atoms with Gasteiger partial charge in [-0.05, 0) is 24.1 Å². The molecule has 0 fully saturated rings. The summed E-state index contributed by atoms with van der Waals surface area (Å²) in [5, 5.41) is 0.981. The summed E-state index contributed by atoms with van der Waals surface area (Å²) in [6.07, 6.45) is 3.94. The van der Waals surface area contributed by atoms with Gasteiger partial charge >= 0.3 is 0 Å². The van der Waals surface area contributed by atoms with Crippen LogP contribution in [0.15, 0.2) is 24.5 Å². The van der Waals surface area contributed by atoms with Crippen LogP contribution in [0.4, 0.5) is 0 Å². The Kier molecular flexibility index (Phi) is 2.39. The maximum Gasteiger partial charge on any atom is 0.234 e. The van der Waals surface area contributed by atoms with E-state index in [0.717, 1.165) is 16.6 Å². The Balaban J connectivity index is 2.32. The van der Waals surface area contributed by atoms with Gasteiger partial charge in [0, 0.05) is 17.8 Å². The van der Waals surface area contributed by atoms with Crippen molar-refractivity contribution in [1.82, 2.24) is 9.97 Å². The Morgan fingerprint density at radius 2 is 2.40 bits per heavy atom. The summed E-state index contributed by atoms with van der Waals surface area (Å²) < 4.78 is 0. The molecule has 15 heavy (non-hydrogen) atoms. The highest BCUT2D eigenvalue weighted by molar-refractivity contribution is 5.83. The van der Waals surface area contributed by atoms with E-state index in [1.807, 2.05) is 12.1 Å². The standard InChI is InChI=1S/C10H12N4O/c11-8(9(12)15)4-6-5-14-10-7(6)2-1-3-13-10/h1-3,5,8H,4,11H2,(H2,12,15)(H,13,14). The number of aromatic amines is 1. The monoisotopic (exact) mass is 204 g/mol. The molecule has 0 saturated carbocycles. The fourth-order valence-corrected chi connectivity index (χ4v) is 1.52. The van der Waals surface area contributed by atoms with Crippen molar-refractivity contribution in [2.75, 3.05) is 0 Å². The van der Waals surface area contributed by atoms with Crippen molar-refractivity contribution >= 4 is 16.9 Å². The minimum absolute atomic E-state index is 0.432. The summed E-state index contributed by atoms with van der Waals surface area (Å²) in [5.74, 6) is -0.492. The van der Waals surface area contributed by atoms with Crippen LogP contribution in [0.2, 0.25) is 0 Å². The second kappa shape index (κ2) is 3.70. The number of H-pyrrole nitrogens is 1. The largest absolute Gasteiger partial charge is 0.368 e. The maximum absolute atomic E-state index is 10.8. The van der Waals surface area contributed by atoms with Crippen LogP contribution in [0.25, 0.3) is 11.0 Å². The molecule has 2 rings (SSSR count). The Hall–Kier alpha value is -1.88. The first-order valence-corrected chi connectivity index (χ1v) is 4.64. The van der Waals surface area contributed by atoms with Crippen molar-refractivity contribution in [3.63, 3.8) is 0 Å². The van der Waals surface area contributed by atoms with Crippen LogP contribution in [0, 0.1) is 0 Å². The fourth-order valence-electron chi connectivity index (χ4n) is 1.52. The number of nitrogens with one attached hydrogen (secondary N) is 1. The number of pyridine rings is 1. The first-order chi connectivity index (χ1) is 7.18. The first kappa shape index (κ1) is 9.67. The summed E-state index contributed by atoms with van der Waals surface area (Å²) in [5.41, 5.74) is 12.5. The molecule has 5 heteroatoms. The third kappa shape index (κ3) is 1.82. The van der Waals surface area contributed by atoms with E-state index in [-0.39, 0.29) is 0 Å². The lowest BCUT2D eigenvalue weighted by Gasteiger charge is -2.05. The van der Waals surface area contributed by atoms with E-state index in [0.29, 0.717) is 6.42 Å². The fraction of sp³-hybridized carbons (Fsp3) is 0.200. The molecule has 0 radical (unpaired) electrons. The summed E-state index contributed by atoms with van der Waals surface area (Å²) in [6, 6.07) is 3.13. The van der Waals surface area contributed by atoms with Crippen LogP contribution in [0.5, 0.6) is 0 Å². The molecule has 0 aliphatic rings. The SMILES string of the molecule is NC(=O)C(N)Cc1c[nH]c2ncccc12. The van der Waals surface area contributed by atoms with Gasteiger partial charge in [-0.2, -0.15) is 0 Å². The van der Waals surface area contributed by atoms with Crippen molar-refractivity contribution in [3.05, 3.63) is 30.1 Å². The number of rotatable bonds is 3. The predicted octanol–water partition coefficient (Wildman–Crippen LogP) is -0.0820. The number of carbonyl (C=O) groups excluding carboxylic acids is 1. The van der Waals surface area contributed by atoms with Crippen LogP contribution >= 0.6 is 0 Å². The molecule has 0 aliphatic carbocycles. The molecule has 0 saturated heterocycles. The second-order valence-electron chi connectivity index (χ2n) is 3.43. The predicted molar refractivity (Wildman–Crippen MR) is 57.0 cm³/mol. The smallest absolute Gasteiger partial charge is 0.234 e. The molecule has 0 aliphatic heterocycles. The molecular weight excluding hydrogens is 192 g/mol. The number of aromatic nitrogens is 2. The number of amides is 1. The highest BCUT2D eigenvalue weighted by atomic mass is 16.1. The molecule has 2 aromatic rings. The van der Waals surface area contributed by atoms with Gasteiger partial charge in [-0.3, -0.25) is 4.79 Å². The Labute approximate surface area is 86.5 Å². The number of nitrogens with zero attached hydrogens (tertiary/aromatic N) is 1. The minimum Gasteiger partial charge on any atom is -0.368 e. The number of primary amides is 1. The summed E-state index contributed by atoms with van der Waals surface area (Å²) in [6.45, 7) is 0. The molecule has 0 aromatic carbocycles. The number of carbonyl (C=O) groups is 1. The summed E-state index contributed by atoms with van der Waals surface area (Å²) in [7, 11) is 0. The molecule has 0 bridgehead atoms. The van der Waals surface area contributed by atoms with E-state index in [9.17, 15) is 4.79 Å². The summed E-state index contributed by atoms with van der Waals surface area (Å²) >= 11 is 0. The average Bonchev–Trinajstić information content (AvgIpc) is 2.62. The van der Waals surface area contributed by atoms with Gasteiger partial charge in [-0.25, -0.2) is 4.98 Å². The average molecular weight is 204 g/mol. The molecule has 0 spiro atoms. The zero-order chi connectivity index (χ0) is 10.8. The third-order valence-corrected chi connectivity index (χ3v) is 2.34. The lowest BCUT2D eigenvalue weighted by molar-refractivity contribution is -0.119. The van der Waals surface area contributed by atoms with E-state index < -0.39 is 11.9 Å². The number of hydrogen-bond donors (Lipinski definition) is 3. The van der Waals surface area contributed by atoms with Gasteiger partial charge in [0.05, 0.1) is 6.04 Å². The van der Waals surface area contributed by atoms with Crippen LogP contribution in [0.3, 0.4) is 0 Å². The molecule has 1 amide bonds. The van der Waals surface area contributed by atoms with E-state index >= 15 is 0 Å². The van der Waals surface area contributed by atoms with Gasteiger partial charge in [0.2, 0.25) is 5.91 Å². The number of nitrogens with two attached hydrogens (primary N) is 2. The molecule has 5 nitrogen and oxygen atoms in total. The molecular formula is C10H12N4O. The molecule has 5 N–H and O–H groups in total. The van der Waals surface area contributed by atoms with Crippen LogP contribution in [0.1, 0.15) is 5.56 Å². The Morgan fingerprint density at radius 1 is 1.60 bits per heavy atom. The maximum atomic E-state index is 10.8. The second-order valence-corrected chi connectivity index (χ2v) is 3.43. The normalized spacial score (nSPS) is 12.9. The number of hydrogen-bond acceptors (Lipinski definition) is 3. The van der Waals surface area contributed by atoms with Crippen molar-refractivity contribution < 1.29 is 4.79 Å². The van der Waals surface area contributed by atoms with Crippen molar-refractivity contribution in [2.45, 2.75) is 12.5 Å². The van der Waals surface area contributed by atoms with E-state index in [2.05, 4.69) is 9.97 Å². The molecule has 1 atom stereocenters. The van der Waals surface area contributed by atoms with Crippen LogP contribution < -0.4 is 11.5 Å². The topological polar surface area (TPSA) is 97.8 Å². The van der Waals surface area contributed by atoms with E-state index in [1.165, 1.54) is 0 Å². The molecule has 2 heterocycles. The van der Waals surface area contributed by atoms with Crippen molar-refractivity contribution in [3.8, 4) is 0 Å². The zero-order valence-corrected chi connectivity index (χ0v) is 8.10. The highest BCUT2D eigenvalue weighted by Gasteiger charge is 2.12.